The Morgan fingerprint density at radius 1 is 1.33 bits per heavy atom. The van der Waals surface area contributed by atoms with Crippen molar-refractivity contribution in [3.63, 3.8) is 0 Å². The topological polar surface area (TPSA) is 172 Å². The average Bonchev–Trinajstić information content (AvgIpc) is 3.14. The van der Waals surface area contributed by atoms with E-state index in [0.717, 1.165) is 18.6 Å². The highest BCUT2D eigenvalue weighted by Gasteiger charge is 2.42. The van der Waals surface area contributed by atoms with E-state index in [0.29, 0.717) is 31.1 Å². The van der Waals surface area contributed by atoms with E-state index < -0.39 is 18.0 Å². The van der Waals surface area contributed by atoms with Crippen LogP contribution in [0.25, 0.3) is 0 Å². The van der Waals surface area contributed by atoms with E-state index in [2.05, 4.69) is 16.0 Å². The summed E-state index contributed by atoms with van der Waals surface area (Å²) in [5.41, 5.74) is 10.8. The highest BCUT2D eigenvalue weighted by Crippen LogP contribution is 2.33. The zero-order valence-corrected chi connectivity index (χ0v) is 16.0. The molecule has 0 aromatic rings. The molecule has 0 aliphatic carbocycles. The van der Waals surface area contributed by atoms with Crippen LogP contribution in [0.4, 0.5) is 4.79 Å². The molecule has 27 heavy (non-hydrogen) atoms. The third kappa shape index (κ3) is 6.90. The number of nitrogens with two attached hydrogens (primary N) is 2. The van der Waals surface area contributed by atoms with Gasteiger partial charge in [-0.2, -0.15) is 11.8 Å². The molecule has 2 fully saturated rings. The van der Waals surface area contributed by atoms with Crippen molar-refractivity contribution in [3.8, 4) is 0 Å². The van der Waals surface area contributed by atoms with Crippen molar-refractivity contribution in [2.45, 2.75) is 61.9 Å². The summed E-state index contributed by atoms with van der Waals surface area (Å²) in [6.07, 6.45) is 3.39. The van der Waals surface area contributed by atoms with Crippen molar-refractivity contribution in [1.29, 1.82) is 5.41 Å². The van der Waals surface area contributed by atoms with Crippen LogP contribution in [0, 0.1) is 5.41 Å². The monoisotopic (exact) mass is 400 g/mol. The summed E-state index contributed by atoms with van der Waals surface area (Å²) in [5, 5.41) is 15.8. The first-order chi connectivity index (χ1) is 12.9. The third-order valence-corrected chi connectivity index (χ3v) is 6.09. The number of hydrogen-bond acceptors (Lipinski definition) is 7. The lowest BCUT2D eigenvalue weighted by Gasteiger charge is -2.16. The molecule has 0 saturated carbocycles. The molecule has 152 valence electrons. The number of rotatable bonds is 10. The highest BCUT2D eigenvalue weighted by molar-refractivity contribution is 8.00. The Labute approximate surface area is 162 Å². The van der Waals surface area contributed by atoms with Gasteiger partial charge in [-0.1, -0.05) is 6.42 Å². The SMILES string of the molecule is N=C(N)NCCC[C@H](N)C(=O)OC(=O)CCCC[C@@H]1SC[C@@H]2NC(=O)N[C@@H]21. The summed E-state index contributed by atoms with van der Waals surface area (Å²) >= 11 is 1.83. The second-order valence-electron chi connectivity index (χ2n) is 6.75. The standard InChI is InChI=1S/C16H28N6O4S/c17-9(4-3-7-20-15(18)19)14(24)26-12(23)6-2-1-5-11-13-10(8-27-11)21-16(25)22-13/h9-11,13H,1-8,17H2,(H4,18,19,20)(H2,21,22,25)/t9-,10-,11-,13-/m0/s1. The third-order valence-electron chi connectivity index (χ3n) is 4.58. The van der Waals surface area contributed by atoms with Gasteiger partial charge in [0, 0.05) is 24.0 Å². The Morgan fingerprint density at radius 2 is 2.11 bits per heavy atom. The predicted molar refractivity (Wildman–Crippen MR) is 102 cm³/mol. The fourth-order valence-electron chi connectivity index (χ4n) is 3.16. The maximum Gasteiger partial charge on any atom is 0.330 e. The molecule has 0 unspecified atom stereocenters. The summed E-state index contributed by atoms with van der Waals surface area (Å²) in [7, 11) is 0. The predicted octanol–water partition coefficient (Wildman–Crippen LogP) is -0.627. The summed E-state index contributed by atoms with van der Waals surface area (Å²) < 4.78 is 4.78. The molecule has 0 aromatic carbocycles. The number of hydrogen-bond donors (Lipinski definition) is 6. The molecular formula is C16H28N6O4S. The van der Waals surface area contributed by atoms with Gasteiger partial charge in [0.25, 0.3) is 0 Å². The number of amides is 2. The van der Waals surface area contributed by atoms with Crippen molar-refractivity contribution in [2.24, 2.45) is 11.5 Å². The summed E-state index contributed by atoms with van der Waals surface area (Å²) in [6.45, 7) is 0.432. The van der Waals surface area contributed by atoms with Crippen LogP contribution in [0.3, 0.4) is 0 Å². The lowest BCUT2D eigenvalue weighted by molar-refractivity contribution is -0.160. The fraction of sp³-hybridized carbons (Fsp3) is 0.750. The first-order valence-electron chi connectivity index (χ1n) is 9.13. The van der Waals surface area contributed by atoms with E-state index >= 15 is 0 Å². The van der Waals surface area contributed by atoms with Gasteiger partial charge in [-0.3, -0.25) is 10.2 Å². The number of unbranched alkanes of at least 4 members (excludes halogenated alkanes) is 1. The van der Waals surface area contributed by atoms with Gasteiger partial charge < -0.3 is 32.2 Å². The number of nitrogens with one attached hydrogen (secondary N) is 4. The van der Waals surface area contributed by atoms with Gasteiger partial charge in [-0.15, -0.1) is 0 Å². The van der Waals surface area contributed by atoms with E-state index in [-0.39, 0.29) is 30.5 Å². The zero-order valence-electron chi connectivity index (χ0n) is 15.2. The summed E-state index contributed by atoms with van der Waals surface area (Å²) in [5.74, 6) is -0.522. The van der Waals surface area contributed by atoms with E-state index in [1.165, 1.54) is 0 Å². The second kappa shape index (κ2) is 10.4. The number of thioether (sulfide) groups is 1. The Kier molecular flexibility index (Phi) is 8.17. The molecule has 0 bridgehead atoms. The van der Waals surface area contributed by atoms with Crippen molar-refractivity contribution in [3.05, 3.63) is 0 Å². The molecule has 2 aliphatic rings. The van der Waals surface area contributed by atoms with Crippen molar-refractivity contribution in [1.82, 2.24) is 16.0 Å². The van der Waals surface area contributed by atoms with Crippen LogP contribution in [0.15, 0.2) is 0 Å². The molecule has 11 heteroatoms. The molecule has 0 aromatic heterocycles. The van der Waals surface area contributed by atoms with Gasteiger partial charge in [-0.25, -0.2) is 9.59 Å². The Morgan fingerprint density at radius 3 is 2.85 bits per heavy atom. The smallest absolute Gasteiger partial charge is 0.330 e. The Hall–Kier alpha value is -2.01. The van der Waals surface area contributed by atoms with Gasteiger partial charge in [0.05, 0.1) is 12.1 Å². The highest BCUT2D eigenvalue weighted by atomic mass is 32.2. The maximum atomic E-state index is 11.8. The molecule has 8 N–H and O–H groups in total. The van der Waals surface area contributed by atoms with Gasteiger partial charge in [0.1, 0.15) is 6.04 Å². The lowest BCUT2D eigenvalue weighted by atomic mass is 10.0. The minimum Gasteiger partial charge on any atom is -0.392 e. The molecule has 2 heterocycles. The van der Waals surface area contributed by atoms with E-state index in [1.54, 1.807) is 0 Å². The molecule has 2 rings (SSSR count). The first kappa shape index (κ1) is 21.3. The molecular weight excluding hydrogens is 372 g/mol. The minimum absolute atomic E-state index is 0.106. The largest absolute Gasteiger partial charge is 0.392 e. The van der Waals surface area contributed by atoms with Crippen LogP contribution in [0.1, 0.15) is 38.5 Å². The van der Waals surface area contributed by atoms with Gasteiger partial charge in [0.2, 0.25) is 0 Å². The Balaban J connectivity index is 1.54. The van der Waals surface area contributed by atoms with Gasteiger partial charge in [-0.05, 0) is 25.7 Å². The first-order valence-corrected chi connectivity index (χ1v) is 10.2. The number of urea groups is 1. The second-order valence-corrected chi connectivity index (χ2v) is 8.02. The van der Waals surface area contributed by atoms with Crippen molar-refractivity contribution < 1.29 is 19.1 Å². The van der Waals surface area contributed by atoms with Gasteiger partial charge in [0.15, 0.2) is 5.96 Å². The molecule has 0 radical (unpaired) electrons. The van der Waals surface area contributed by atoms with Crippen molar-refractivity contribution >= 4 is 35.7 Å². The average molecular weight is 401 g/mol. The van der Waals surface area contributed by atoms with Gasteiger partial charge >= 0.3 is 18.0 Å². The Bertz CT molecular complexity index is 575. The molecule has 4 atom stereocenters. The maximum absolute atomic E-state index is 11.8. The fourth-order valence-corrected chi connectivity index (χ4v) is 4.70. The van der Waals surface area contributed by atoms with Crippen LogP contribution in [0.5, 0.6) is 0 Å². The molecule has 2 aliphatic heterocycles. The minimum atomic E-state index is -0.868. The van der Waals surface area contributed by atoms with Crippen molar-refractivity contribution in [2.75, 3.05) is 12.3 Å². The number of carbonyl (C=O) groups is 3. The normalized spacial score (nSPS) is 24.5. The molecule has 2 amide bonds. The van der Waals surface area contributed by atoms with Crippen LogP contribution in [-0.2, 0) is 14.3 Å². The lowest BCUT2D eigenvalue weighted by Crippen LogP contribution is -2.36. The molecule has 0 spiro atoms. The summed E-state index contributed by atoms with van der Waals surface area (Å²) in [6, 6.07) is -0.618. The van der Waals surface area contributed by atoms with Crippen LogP contribution >= 0.6 is 11.8 Å². The number of ether oxygens (including phenoxy) is 1. The number of fused-ring (bicyclic) bond motifs is 1. The van der Waals surface area contributed by atoms with E-state index in [4.69, 9.17) is 21.6 Å². The molecule has 10 nitrogen and oxygen atoms in total. The summed E-state index contributed by atoms with van der Waals surface area (Å²) in [4.78, 5) is 34.9. The molecule has 2 saturated heterocycles. The number of esters is 2. The zero-order chi connectivity index (χ0) is 19.8. The van der Waals surface area contributed by atoms with E-state index in [1.807, 2.05) is 11.8 Å². The quantitative estimate of drug-likeness (QED) is 0.0702. The number of guanidine groups is 1. The van der Waals surface area contributed by atoms with Crippen LogP contribution in [-0.4, -0.2) is 59.6 Å². The van der Waals surface area contributed by atoms with Crippen LogP contribution in [0.2, 0.25) is 0 Å². The van der Waals surface area contributed by atoms with Crippen LogP contribution < -0.4 is 27.4 Å². The van der Waals surface area contributed by atoms with E-state index in [9.17, 15) is 14.4 Å². The number of carbonyl (C=O) groups excluding carboxylic acids is 3.